The van der Waals surface area contributed by atoms with Crippen molar-refractivity contribution in [3.05, 3.63) is 0 Å². The monoisotopic (exact) mass is 202 g/mol. The first-order chi connectivity index (χ1) is 6.26. The third kappa shape index (κ3) is 5.70. The number of rotatable bonds is 5. The zero-order valence-electron chi connectivity index (χ0n) is 9.66. The summed E-state index contributed by atoms with van der Waals surface area (Å²) >= 11 is 0. The van der Waals surface area contributed by atoms with Crippen LogP contribution in [0, 0.1) is 0 Å². The van der Waals surface area contributed by atoms with Gasteiger partial charge in [0.05, 0.1) is 21.1 Å². The lowest BCUT2D eigenvalue weighted by Gasteiger charge is -2.27. The molecule has 1 unspecified atom stereocenters. The van der Waals surface area contributed by atoms with Crippen LogP contribution in [0.1, 0.15) is 20.3 Å². The molecule has 82 valence electrons. The van der Waals surface area contributed by atoms with E-state index in [4.69, 9.17) is 4.74 Å². The second-order valence-corrected chi connectivity index (χ2v) is 4.42. The number of Topliss-reactive ketones (excluding diaryl/α,β-unsaturated/α-hetero) is 1. The molecule has 0 rings (SSSR count). The second-order valence-electron chi connectivity index (χ2n) is 4.42. The fraction of sp³-hybridized carbons (Fsp3) is 0.800. The average molecular weight is 202 g/mol. The van der Waals surface area contributed by atoms with Gasteiger partial charge in [0.15, 0.2) is 5.78 Å². The van der Waals surface area contributed by atoms with Crippen molar-refractivity contribution in [2.75, 3.05) is 27.7 Å². The highest BCUT2D eigenvalue weighted by molar-refractivity contribution is 5.83. The fourth-order valence-corrected chi connectivity index (χ4v) is 0.988. The van der Waals surface area contributed by atoms with E-state index in [0.29, 0.717) is 17.4 Å². The van der Waals surface area contributed by atoms with E-state index in [2.05, 4.69) is 0 Å². The Balaban J connectivity index is 4.31. The van der Waals surface area contributed by atoms with Gasteiger partial charge in [0, 0.05) is 6.42 Å². The summed E-state index contributed by atoms with van der Waals surface area (Å²) in [4.78, 5) is 22.2. The van der Waals surface area contributed by atoms with Crippen LogP contribution < -0.4 is 0 Å². The maximum Gasteiger partial charge on any atom is 0.306 e. The number of nitrogens with zero attached hydrogens (tertiary/aromatic N) is 1. The Labute approximate surface area is 85.4 Å². The number of likely N-dealkylation sites (N-methyl/N-ethyl adjacent to an activating group) is 1. The first-order valence-corrected chi connectivity index (χ1v) is 4.76. The molecule has 4 heteroatoms. The largest absolute Gasteiger partial charge is 0.448 e. The highest BCUT2D eigenvalue weighted by atomic mass is 16.5. The van der Waals surface area contributed by atoms with Crippen LogP contribution in [0.25, 0.3) is 0 Å². The summed E-state index contributed by atoms with van der Waals surface area (Å²) in [5, 5.41) is 0. The van der Waals surface area contributed by atoms with Gasteiger partial charge in [-0.25, -0.2) is 0 Å². The molecule has 0 spiro atoms. The molecule has 0 heterocycles. The van der Waals surface area contributed by atoms with Crippen LogP contribution in [-0.4, -0.2) is 50.0 Å². The van der Waals surface area contributed by atoms with E-state index in [9.17, 15) is 9.59 Å². The molecule has 0 N–H and O–H groups in total. The zero-order chi connectivity index (χ0) is 11.4. The minimum Gasteiger partial charge on any atom is -0.448 e. The summed E-state index contributed by atoms with van der Waals surface area (Å²) in [6.07, 6.45) is -0.302. The molecule has 0 fully saturated rings. The predicted molar refractivity (Wildman–Crippen MR) is 53.8 cm³/mol. The van der Waals surface area contributed by atoms with Crippen LogP contribution in [0.5, 0.6) is 0 Å². The molecule has 0 aromatic heterocycles. The molecule has 0 aromatic carbocycles. The van der Waals surface area contributed by atoms with Gasteiger partial charge in [-0.2, -0.15) is 0 Å². The smallest absolute Gasteiger partial charge is 0.306 e. The number of hydrogen-bond acceptors (Lipinski definition) is 3. The molecule has 0 aliphatic heterocycles. The van der Waals surface area contributed by atoms with Gasteiger partial charge in [0.2, 0.25) is 6.10 Å². The van der Waals surface area contributed by atoms with Gasteiger partial charge in [-0.1, -0.05) is 6.92 Å². The van der Waals surface area contributed by atoms with Crippen LogP contribution in [0.3, 0.4) is 0 Å². The Morgan fingerprint density at radius 1 is 1.29 bits per heavy atom. The predicted octanol–water partition coefficient (Wildman–Crippen LogP) is 0.603. The molecule has 0 radical (unpaired) electrons. The van der Waals surface area contributed by atoms with Gasteiger partial charge in [-0.3, -0.25) is 9.59 Å². The summed E-state index contributed by atoms with van der Waals surface area (Å²) in [7, 11) is 5.86. The lowest BCUT2D eigenvalue weighted by Crippen LogP contribution is -2.45. The highest BCUT2D eigenvalue weighted by Gasteiger charge is 2.25. The summed E-state index contributed by atoms with van der Waals surface area (Å²) in [5.41, 5.74) is 0. The second kappa shape index (κ2) is 5.10. The van der Waals surface area contributed by atoms with Crippen LogP contribution in [0.4, 0.5) is 0 Å². The molecule has 14 heavy (non-hydrogen) atoms. The number of hydrogen-bond donors (Lipinski definition) is 0. The quantitative estimate of drug-likeness (QED) is 0.484. The Morgan fingerprint density at radius 3 is 2.07 bits per heavy atom. The van der Waals surface area contributed by atoms with Crippen molar-refractivity contribution in [3.8, 4) is 0 Å². The fourth-order valence-electron chi connectivity index (χ4n) is 0.988. The number of esters is 1. The van der Waals surface area contributed by atoms with E-state index in [-0.39, 0.29) is 11.8 Å². The third-order valence-corrected chi connectivity index (χ3v) is 1.73. The minimum atomic E-state index is -0.609. The van der Waals surface area contributed by atoms with Crippen molar-refractivity contribution in [1.82, 2.24) is 0 Å². The normalized spacial score (nSPS) is 13.5. The van der Waals surface area contributed by atoms with Gasteiger partial charge < -0.3 is 9.22 Å². The molecule has 0 bridgehead atoms. The van der Waals surface area contributed by atoms with Crippen molar-refractivity contribution in [3.63, 3.8) is 0 Å². The van der Waals surface area contributed by atoms with Crippen molar-refractivity contribution in [2.45, 2.75) is 26.4 Å². The van der Waals surface area contributed by atoms with Gasteiger partial charge >= 0.3 is 5.97 Å². The van der Waals surface area contributed by atoms with Gasteiger partial charge in [0.1, 0.15) is 6.54 Å². The first kappa shape index (κ1) is 13.1. The van der Waals surface area contributed by atoms with Crippen LogP contribution in [0.2, 0.25) is 0 Å². The number of carbonyl (C=O) groups is 2. The standard InChI is InChI=1S/C10H20NO3/c1-6-10(13)14-9(8(2)12)7-11(3,4)5/h9H,6-7H2,1-5H3/q+1. The number of ether oxygens (including phenoxy) is 1. The Bertz CT molecular complexity index is 218. The Hall–Kier alpha value is -0.900. The van der Waals surface area contributed by atoms with Crippen molar-refractivity contribution >= 4 is 11.8 Å². The summed E-state index contributed by atoms with van der Waals surface area (Å²) in [5.74, 6) is -0.418. The number of quaternary nitrogens is 1. The molecule has 4 nitrogen and oxygen atoms in total. The summed E-state index contributed by atoms with van der Waals surface area (Å²) in [6, 6.07) is 0. The average Bonchev–Trinajstić information content (AvgIpc) is 2.00. The van der Waals surface area contributed by atoms with Gasteiger partial charge in [-0.05, 0) is 6.92 Å². The maximum absolute atomic E-state index is 11.2. The van der Waals surface area contributed by atoms with Crippen molar-refractivity contribution in [2.24, 2.45) is 0 Å². The SMILES string of the molecule is CCC(=O)OC(C[N+](C)(C)C)C(C)=O. The topological polar surface area (TPSA) is 43.4 Å². The molecule has 0 aliphatic rings. The number of carbonyl (C=O) groups excluding carboxylic acids is 2. The first-order valence-electron chi connectivity index (χ1n) is 4.76. The van der Waals surface area contributed by atoms with E-state index >= 15 is 0 Å². The van der Waals surface area contributed by atoms with E-state index in [1.165, 1.54) is 6.92 Å². The third-order valence-electron chi connectivity index (χ3n) is 1.73. The van der Waals surface area contributed by atoms with Gasteiger partial charge in [-0.15, -0.1) is 0 Å². The van der Waals surface area contributed by atoms with Crippen molar-refractivity contribution in [1.29, 1.82) is 0 Å². The minimum absolute atomic E-state index is 0.0974. The summed E-state index contributed by atoms with van der Waals surface area (Å²) < 4.78 is 5.63. The van der Waals surface area contributed by atoms with E-state index in [0.717, 1.165) is 0 Å². The Kier molecular flexibility index (Phi) is 4.77. The summed E-state index contributed by atoms with van der Waals surface area (Å²) in [6.45, 7) is 3.68. The van der Waals surface area contributed by atoms with E-state index in [1.807, 2.05) is 21.1 Å². The lowest BCUT2D eigenvalue weighted by molar-refractivity contribution is -0.872. The molecule has 0 aromatic rings. The van der Waals surface area contributed by atoms with Crippen LogP contribution in [0.15, 0.2) is 0 Å². The molecule has 0 saturated heterocycles. The maximum atomic E-state index is 11.2. The molecular weight excluding hydrogens is 182 g/mol. The molecule has 1 atom stereocenters. The lowest BCUT2D eigenvalue weighted by atomic mass is 10.2. The Morgan fingerprint density at radius 2 is 1.79 bits per heavy atom. The van der Waals surface area contributed by atoms with Crippen LogP contribution in [-0.2, 0) is 14.3 Å². The van der Waals surface area contributed by atoms with Crippen LogP contribution >= 0.6 is 0 Å². The molecule has 0 aliphatic carbocycles. The van der Waals surface area contributed by atoms with E-state index in [1.54, 1.807) is 6.92 Å². The molecular formula is C10H20NO3+. The highest BCUT2D eigenvalue weighted by Crippen LogP contribution is 2.03. The molecule has 0 saturated carbocycles. The molecule has 0 amide bonds. The van der Waals surface area contributed by atoms with Gasteiger partial charge in [0.25, 0.3) is 0 Å². The zero-order valence-corrected chi connectivity index (χ0v) is 9.66. The van der Waals surface area contributed by atoms with Crippen molar-refractivity contribution < 1.29 is 18.8 Å². The number of ketones is 1. The van der Waals surface area contributed by atoms with E-state index < -0.39 is 6.10 Å².